The molecule has 0 spiro atoms. The van der Waals surface area contributed by atoms with E-state index in [0.717, 1.165) is 33.8 Å². The summed E-state index contributed by atoms with van der Waals surface area (Å²) in [6, 6.07) is 74.1. The van der Waals surface area contributed by atoms with Crippen molar-refractivity contribution < 1.29 is 0 Å². The van der Waals surface area contributed by atoms with Crippen molar-refractivity contribution in [2.45, 2.75) is 0 Å². The molecule has 0 fully saturated rings. The number of fused-ring (bicyclic) bond motifs is 6. The molecule has 0 aliphatic carbocycles. The SMILES string of the molecule is c1ccc(-c2ccc(-n3c4ccccc4c4cc(-c5ccc(-c6ccc7c(c6)c6ccccc6n7-c6ccc(-c7ccccc7)cc6)nc5)ccc43)cc2)cc1. The first-order valence-corrected chi connectivity index (χ1v) is 19.1. The molecule has 262 valence electrons. The van der Waals surface area contributed by atoms with Crippen molar-refractivity contribution in [2.24, 2.45) is 0 Å². The molecule has 0 saturated heterocycles. The second-order valence-electron chi connectivity index (χ2n) is 14.4. The highest BCUT2D eigenvalue weighted by Gasteiger charge is 2.16. The minimum absolute atomic E-state index is 0.955. The smallest absolute Gasteiger partial charge is 0.0702 e. The van der Waals surface area contributed by atoms with Gasteiger partial charge in [-0.2, -0.15) is 0 Å². The highest BCUT2D eigenvalue weighted by Crippen LogP contribution is 2.38. The van der Waals surface area contributed by atoms with E-state index in [0.29, 0.717) is 0 Å². The third kappa shape index (κ3) is 5.32. The van der Waals surface area contributed by atoms with Crippen LogP contribution < -0.4 is 0 Å². The van der Waals surface area contributed by atoms with Crippen molar-refractivity contribution in [2.75, 3.05) is 0 Å². The van der Waals surface area contributed by atoms with Crippen molar-refractivity contribution in [1.29, 1.82) is 0 Å². The van der Waals surface area contributed by atoms with Gasteiger partial charge in [-0.1, -0.05) is 140 Å². The second kappa shape index (κ2) is 13.1. The van der Waals surface area contributed by atoms with Crippen molar-refractivity contribution >= 4 is 43.6 Å². The minimum Gasteiger partial charge on any atom is -0.309 e. The lowest BCUT2D eigenvalue weighted by Crippen LogP contribution is -1.94. The Balaban J connectivity index is 0.933. The Morgan fingerprint density at radius 2 is 0.661 bits per heavy atom. The fraction of sp³-hybridized carbons (Fsp3) is 0. The van der Waals surface area contributed by atoms with E-state index in [2.05, 4.69) is 215 Å². The van der Waals surface area contributed by atoms with Crippen molar-refractivity contribution in [3.63, 3.8) is 0 Å². The van der Waals surface area contributed by atoms with Crippen LogP contribution in [0.4, 0.5) is 0 Å². The summed E-state index contributed by atoms with van der Waals surface area (Å²) in [5.74, 6) is 0. The molecule has 0 saturated carbocycles. The predicted octanol–water partition coefficient (Wildman–Crippen LogP) is 13.9. The fourth-order valence-electron chi connectivity index (χ4n) is 8.44. The number of nitrogens with zero attached hydrogens (tertiary/aromatic N) is 3. The van der Waals surface area contributed by atoms with E-state index in [4.69, 9.17) is 4.98 Å². The number of hydrogen-bond donors (Lipinski definition) is 0. The second-order valence-corrected chi connectivity index (χ2v) is 14.4. The van der Waals surface area contributed by atoms with Gasteiger partial charge in [-0.25, -0.2) is 0 Å². The van der Waals surface area contributed by atoms with Crippen molar-refractivity contribution in [1.82, 2.24) is 14.1 Å². The lowest BCUT2D eigenvalue weighted by molar-refractivity contribution is 1.18. The molecular formula is C53H35N3. The average Bonchev–Trinajstić information content (AvgIpc) is 3.79. The van der Waals surface area contributed by atoms with Gasteiger partial charge in [-0.05, 0) is 94.5 Å². The molecule has 56 heavy (non-hydrogen) atoms. The van der Waals surface area contributed by atoms with E-state index in [9.17, 15) is 0 Å². The molecule has 0 amide bonds. The molecule has 0 aliphatic heterocycles. The van der Waals surface area contributed by atoms with Gasteiger partial charge in [0.05, 0.1) is 27.8 Å². The van der Waals surface area contributed by atoms with E-state index in [1.165, 1.54) is 65.9 Å². The Hall–Kier alpha value is -7.49. The van der Waals surface area contributed by atoms with E-state index in [1.54, 1.807) is 0 Å². The van der Waals surface area contributed by atoms with Crippen molar-refractivity contribution in [3.8, 4) is 56.0 Å². The third-order valence-corrected chi connectivity index (χ3v) is 11.2. The van der Waals surface area contributed by atoms with Gasteiger partial charge < -0.3 is 9.13 Å². The molecule has 0 bridgehead atoms. The normalized spacial score (nSPS) is 11.6. The topological polar surface area (TPSA) is 22.8 Å². The molecule has 11 rings (SSSR count). The van der Waals surface area contributed by atoms with Gasteiger partial charge in [0.25, 0.3) is 0 Å². The Morgan fingerprint density at radius 1 is 0.268 bits per heavy atom. The van der Waals surface area contributed by atoms with Crippen molar-refractivity contribution in [3.05, 3.63) is 212 Å². The molecule has 3 aromatic heterocycles. The number of para-hydroxylation sites is 2. The molecule has 3 nitrogen and oxygen atoms in total. The predicted molar refractivity (Wildman–Crippen MR) is 235 cm³/mol. The van der Waals surface area contributed by atoms with Gasteiger partial charge in [0.2, 0.25) is 0 Å². The van der Waals surface area contributed by atoms with Gasteiger partial charge in [0.15, 0.2) is 0 Å². The number of aromatic nitrogens is 3. The Bertz CT molecular complexity index is 2970. The number of benzene rings is 8. The summed E-state index contributed by atoms with van der Waals surface area (Å²) in [7, 11) is 0. The van der Waals surface area contributed by atoms with Crippen LogP contribution >= 0.6 is 0 Å². The van der Waals surface area contributed by atoms with Crippen LogP contribution in [0.2, 0.25) is 0 Å². The molecule has 0 radical (unpaired) electrons. The van der Waals surface area contributed by atoms with Gasteiger partial charge in [0.1, 0.15) is 0 Å². The van der Waals surface area contributed by atoms with Crippen LogP contribution in [0.25, 0.3) is 99.6 Å². The first kappa shape index (κ1) is 32.0. The van der Waals surface area contributed by atoms with E-state index in [-0.39, 0.29) is 0 Å². The summed E-state index contributed by atoms with van der Waals surface area (Å²) in [6.07, 6.45) is 2.01. The van der Waals surface area contributed by atoms with E-state index < -0.39 is 0 Å². The van der Waals surface area contributed by atoms with Crippen LogP contribution in [0, 0.1) is 0 Å². The number of hydrogen-bond acceptors (Lipinski definition) is 1. The van der Waals surface area contributed by atoms with Crippen LogP contribution in [-0.4, -0.2) is 14.1 Å². The van der Waals surface area contributed by atoms with Gasteiger partial charge in [-0.15, -0.1) is 0 Å². The molecule has 0 atom stereocenters. The number of pyridine rings is 1. The highest BCUT2D eigenvalue weighted by atomic mass is 15.0. The maximum atomic E-state index is 5.03. The van der Waals surface area contributed by atoms with Gasteiger partial charge in [0, 0.05) is 50.2 Å². The summed E-state index contributed by atoms with van der Waals surface area (Å²) in [6.45, 7) is 0. The summed E-state index contributed by atoms with van der Waals surface area (Å²) in [5, 5.41) is 4.91. The summed E-state index contributed by atoms with van der Waals surface area (Å²) in [5.41, 5.74) is 16.2. The monoisotopic (exact) mass is 713 g/mol. The molecule has 3 heterocycles. The highest BCUT2D eigenvalue weighted by molar-refractivity contribution is 6.11. The summed E-state index contributed by atoms with van der Waals surface area (Å²) >= 11 is 0. The third-order valence-electron chi connectivity index (χ3n) is 11.2. The molecule has 0 N–H and O–H groups in total. The van der Waals surface area contributed by atoms with E-state index >= 15 is 0 Å². The first-order valence-electron chi connectivity index (χ1n) is 19.1. The molecule has 0 unspecified atom stereocenters. The number of rotatable bonds is 6. The summed E-state index contributed by atoms with van der Waals surface area (Å²) in [4.78, 5) is 5.03. The molecule has 0 aliphatic rings. The Morgan fingerprint density at radius 3 is 1.16 bits per heavy atom. The molecular weight excluding hydrogens is 679 g/mol. The zero-order chi connectivity index (χ0) is 37.0. The first-order chi connectivity index (χ1) is 27.8. The fourth-order valence-corrected chi connectivity index (χ4v) is 8.44. The lowest BCUT2D eigenvalue weighted by Gasteiger charge is -2.10. The molecule has 8 aromatic carbocycles. The van der Waals surface area contributed by atoms with Crippen LogP contribution in [0.5, 0.6) is 0 Å². The average molecular weight is 714 g/mol. The molecule has 3 heteroatoms. The van der Waals surface area contributed by atoms with Crippen LogP contribution in [0.15, 0.2) is 212 Å². The van der Waals surface area contributed by atoms with Crippen LogP contribution in [0.1, 0.15) is 0 Å². The maximum Gasteiger partial charge on any atom is 0.0702 e. The van der Waals surface area contributed by atoms with Gasteiger partial charge >= 0.3 is 0 Å². The Labute approximate surface area is 325 Å². The Kier molecular flexibility index (Phi) is 7.49. The lowest BCUT2D eigenvalue weighted by atomic mass is 10.0. The van der Waals surface area contributed by atoms with E-state index in [1.807, 2.05) is 6.20 Å². The standard InChI is InChI=1S/C53H35N3/c1-3-11-36(12-4-1)38-19-26-43(27-20-38)55-50-17-9-7-15-45(50)47-33-40(24-31-52(47)55)42-23-30-49(54-35-42)41-25-32-53-48(34-41)46-16-8-10-18-51(46)56(53)44-28-21-39(22-29-44)37-13-5-2-6-14-37/h1-35H. The van der Waals surface area contributed by atoms with Crippen LogP contribution in [0.3, 0.4) is 0 Å². The maximum absolute atomic E-state index is 5.03. The van der Waals surface area contributed by atoms with Gasteiger partial charge in [-0.3, -0.25) is 4.98 Å². The zero-order valence-electron chi connectivity index (χ0n) is 30.5. The molecule has 11 aromatic rings. The quantitative estimate of drug-likeness (QED) is 0.168. The zero-order valence-corrected chi connectivity index (χ0v) is 30.5. The summed E-state index contributed by atoms with van der Waals surface area (Å²) < 4.78 is 4.74. The largest absolute Gasteiger partial charge is 0.309 e. The van der Waals surface area contributed by atoms with Crippen LogP contribution in [-0.2, 0) is 0 Å². The minimum atomic E-state index is 0.955.